The summed E-state index contributed by atoms with van der Waals surface area (Å²) >= 11 is 6.01. The Morgan fingerprint density at radius 1 is 1.04 bits per heavy atom. The van der Waals surface area contributed by atoms with E-state index in [4.69, 9.17) is 16.3 Å². The number of ether oxygens (including phenoxy) is 1. The fourth-order valence-corrected chi connectivity index (χ4v) is 2.11. The van der Waals surface area contributed by atoms with E-state index in [1.54, 1.807) is 37.4 Å². The van der Waals surface area contributed by atoms with Crippen molar-refractivity contribution in [1.82, 2.24) is 10.6 Å². The lowest BCUT2D eigenvalue weighted by molar-refractivity contribution is -0.120. The summed E-state index contributed by atoms with van der Waals surface area (Å²) in [6.07, 6.45) is 0. The summed E-state index contributed by atoms with van der Waals surface area (Å²) in [6, 6.07) is 13.9. The third-order valence-electron chi connectivity index (χ3n) is 3.20. The molecule has 23 heavy (non-hydrogen) atoms. The molecule has 0 heterocycles. The van der Waals surface area contributed by atoms with Gasteiger partial charge in [0.1, 0.15) is 5.75 Å². The van der Waals surface area contributed by atoms with Gasteiger partial charge in [0.15, 0.2) is 0 Å². The molecular weight excluding hydrogens is 316 g/mol. The van der Waals surface area contributed by atoms with Crippen LogP contribution in [0.1, 0.15) is 15.9 Å². The maximum atomic E-state index is 11.9. The standard InChI is InChI=1S/C17H17ClN2O3/c1-23-14-8-6-12(7-9-14)17(22)20-11-16(21)19-10-13-4-2-3-5-15(13)18/h2-9H,10-11H2,1H3,(H,19,21)(H,20,22). The van der Waals surface area contributed by atoms with Gasteiger partial charge < -0.3 is 15.4 Å². The minimum atomic E-state index is -0.319. The molecule has 0 unspecified atom stereocenters. The molecule has 0 saturated heterocycles. The van der Waals surface area contributed by atoms with Crippen molar-refractivity contribution < 1.29 is 14.3 Å². The van der Waals surface area contributed by atoms with E-state index >= 15 is 0 Å². The van der Waals surface area contributed by atoms with E-state index in [-0.39, 0.29) is 18.4 Å². The van der Waals surface area contributed by atoms with Crippen LogP contribution in [0.4, 0.5) is 0 Å². The summed E-state index contributed by atoms with van der Waals surface area (Å²) in [5, 5.41) is 5.86. The van der Waals surface area contributed by atoms with Crippen LogP contribution in [0.5, 0.6) is 5.75 Å². The second kappa shape index (κ2) is 8.19. The molecule has 2 N–H and O–H groups in total. The molecule has 5 nitrogen and oxygen atoms in total. The van der Waals surface area contributed by atoms with Crippen molar-refractivity contribution in [3.63, 3.8) is 0 Å². The summed E-state index contributed by atoms with van der Waals surface area (Å²) in [6.45, 7) is 0.215. The number of halogens is 1. The van der Waals surface area contributed by atoms with Gasteiger partial charge in [-0.15, -0.1) is 0 Å². The van der Waals surface area contributed by atoms with Gasteiger partial charge in [-0.25, -0.2) is 0 Å². The van der Waals surface area contributed by atoms with Crippen LogP contribution in [0.3, 0.4) is 0 Å². The Kier molecular flexibility index (Phi) is 6.00. The van der Waals surface area contributed by atoms with Gasteiger partial charge in [-0.2, -0.15) is 0 Å². The second-order valence-electron chi connectivity index (χ2n) is 4.78. The summed E-state index contributed by atoms with van der Waals surface area (Å²) in [5.41, 5.74) is 1.29. The van der Waals surface area contributed by atoms with Crippen molar-refractivity contribution in [3.05, 3.63) is 64.7 Å². The average Bonchev–Trinajstić information content (AvgIpc) is 2.59. The van der Waals surface area contributed by atoms with E-state index in [0.29, 0.717) is 22.9 Å². The molecule has 0 saturated carbocycles. The summed E-state index contributed by atoms with van der Waals surface area (Å²) in [5.74, 6) is 0.0614. The van der Waals surface area contributed by atoms with Crippen molar-refractivity contribution in [3.8, 4) is 5.75 Å². The average molecular weight is 333 g/mol. The zero-order chi connectivity index (χ0) is 16.7. The molecular formula is C17H17ClN2O3. The highest BCUT2D eigenvalue weighted by Gasteiger charge is 2.08. The second-order valence-corrected chi connectivity index (χ2v) is 5.19. The highest BCUT2D eigenvalue weighted by Crippen LogP contribution is 2.14. The number of hydrogen-bond acceptors (Lipinski definition) is 3. The van der Waals surface area contributed by atoms with Gasteiger partial charge in [0.25, 0.3) is 5.91 Å². The quantitative estimate of drug-likeness (QED) is 0.853. The Labute approximate surface area is 139 Å². The first-order chi connectivity index (χ1) is 11.1. The maximum absolute atomic E-state index is 11.9. The van der Waals surface area contributed by atoms with Gasteiger partial charge in [0, 0.05) is 17.1 Å². The van der Waals surface area contributed by atoms with Crippen LogP contribution >= 0.6 is 11.6 Å². The Bertz CT molecular complexity index is 686. The zero-order valence-electron chi connectivity index (χ0n) is 12.6. The maximum Gasteiger partial charge on any atom is 0.251 e. The monoisotopic (exact) mass is 332 g/mol. The van der Waals surface area contributed by atoms with Crippen LogP contribution < -0.4 is 15.4 Å². The van der Waals surface area contributed by atoms with E-state index in [2.05, 4.69) is 10.6 Å². The van der Waals surface area contributed by atoms with Crippen molar-refractivity contribution >= 4 is 23.4 Å². The number of nitrogens with one attached hydrogen (secondary N) is 2. The SMILES string of the molecule is COc1ccc(C(=O)NCC(=O)NCc2ccccc2Cl)cc1. The first-order valence-corrected chi connectivity index (χ1v) is 7.40. The number of rotatable bonds is 6. The molecule has 120 valence electrons. The molecule has 0 aromatic heterocycles. The number of carbonyl (C=O) groups excluding carboxylic acids is 2. The summed E-state index contributed by atoms with van der Waals surface area (Å²) in [4.78, 5) is 23.7. The molecule has 2 rings (SSSR count). The van der Waals surface area contributed by atoms with E-state index in [0.717, 1.165) is 5.56 Å². The first-order valence-electron chi connectivity index (χ1n) is 7.02. The minimum Gasteiger partial charge on any atom is -0.497 e. The van der Waals surface area contributed by atoms with Gasteiger partial charge in [0.2, 0.25) is 5.91 Å². The van der Waals surface area contributed by atoms with Crippen LogP contribution in [-0.4, -0.2) is 25.5 Å². The Hall–Kier alpha value is -2.53. The van der Waals surface area contributed by atoms with Gasteiger partial charge in [-0.05, 0) is 35.9 Å². The third kappa shape index (κ3) is 5.00. The lowest BCUT2D eigenvalue weighted by Gasteiger charge is -2.08. The fraction of sp³-hybridized carbons (Fsp3) is 0.176. The Morgan fingerprint density at radius 3 is 2.39 bits per heavy atom. The van der Waals surface area contributed by atoms with Crippen LogP contribution in [0.15, 0.2) is 48.5 Å². The fourth-order valence-electron chi connectivity index (χ4n) is 1.90. The topological polar surface area (TPSA) is 67.4 Å². The number of methoxy groups -OCH3 is 1. The highest BCUT2D eigenvalue weighted by molar-refractivity contribution is 6.31. The van der Waals surface area contributed by atoms with Gasteiger partial charge in [0.05, 0.1) is 13.7 Å². The van der Waals surface area contributed by atoms with E-state index in [9.17, 15) is 9.59 Å². The zero-order valence-corrected chi connectivity index (χ0v) is 13.4. The Morgan fingerprint density at radius 2 is 1.74 bits per heavy atom. The van der Waals surface area contributed by atoms with Gasteiger partial charge in [-0.3, -0.25) is 9.59 Å². The van der Waals surface area contributed by atoms with E-state index < -0.39 is 0 Å². The van der Waals surface area contributed by atoms with Crippen molar-refractivity contribution in [2.45, 2.75) is 6.54 Å². The number of amides is 2. The lowest BCUT2D eigenvalue weighted by atomic mass is 10.2. The summed E-state index contributed by atoms with van der Waals surface area (Å²) in [7, 11) is 1.55. The minimum absolute atomic E-state index is 0.102. The van der Waals surface area contributed by atoms with Crippen molar-refractivity contribution in [1.29, 1.82) is 0 Å². The third-order valence-corrected chi connectivity index (χ3v) is 3.56. The van der Waals surface area contributed by atoms with Crippen LogP contribution in [0.2, 0.25) is 5.02 Å². The lowest BCUT2D eigenvalue weighted by Crippen LogP contribution is -2.36. The molecule has 0 aliphatic heterocycles. The highest BCUT2D eigenvalue weighted by atomic mass is 35.5. The molecule has 0 aliphatic carbocycles. The molecule has 2 aromatic rings. The molecule has 0 bridgehead atoms. The van der Waals surface area contributed by atoms with Gasteiger partial charge in [-0.1, -0.05) is 29.8 Å². The van der Waals surface area contributed by atoms with E-state index in [1.807, 2.05) is 18.2 Å². The molecule has 6 heteroatoms. The normalized spacial score (nSPS) is 10.0. The largest absolute Gasteiger partial charge is 0.497 e. The number of benzene rings is 2. The van der Waals surface area contributed by atoms with Crippen molar-refractivity contribution in [2.75, 3.05) is 13.7 Å². The smallest absolute Gasteiger partial charge is 0.251 e. The molecule has 0 fully saturated rings. The summed E-state index contributed by atoms with van der Waals surface area (Å²) < 4.78 is 5.02. The molecule has 0 spiro atoms. The molecule has 2 aromatic carbocycles. The van der Waals surface area contributed by atoms with Crippen LogP contribution in [-0.2, 0) is 11.3 Å². The van der Waals surface area contributed by atoms with Crippen LogP contribution in [0.25, 0.3) is 0 Å². The number of carbonyl (C=O) groups is 2. The molecule has 0 aliphatic rings. The predicted octanol–water partition coefficient (Wildman–Crippen LogP) is 2.39. The molecule has 0 atom stereocenters. The number of hydrogen-bond donors (Lipinski definition) is 2. The van der Waals surface area contributed by atoms with Gasteiger partial charge >= 0.3 is 0 Å². The molecule has 0 radical (unpaired) electrons. The molecule has 2 amide bonds. The van der Waals surface area contributed by atoms with Crippen molar-refractivity contribution in [2.24, 2.45) is 0 Å². The van der Waals surface area contributed by atoms with Crippen LogP contribution in [0, 0.1) is 0 Å². The van der Waals surface area contributed by atoms with E-state index in [1.165, 1.54) is 0 Å². The predicted molar refractivity (Wildman–Crippen MR) is 88.6 cm³/mol. The first kappa shape index (κ1) is 16.8. The Balaban J connectivity index is 1.79.